The van der Waals surface area contributed by atoms with Gasteiger partial charge in [0.05, 0.1) is 0 Å². The molecule has 1 aromatic rings. The maximum absolute atomic E-state index is 12.8. The molecule has 14 heavy (non-hydrogen) atoms. The molecule has 1 aromatic carbocycles. The average Bonchev–Trinajstić information content (AvgIpc) is 2.08. The number of nitrogens with two attached hydrogens (primary N) is 1. The highest BCUT2D eigenvalue weighted by molar-refractivity contribution is 5.22. The van der Waals surface area contributed by atoms with Crippen molar-refractivity contribution in [3.63, 3.8) is 0 Å². The van der Waals surface area contributed by atoms with Crippen LogP contribution in [0.2, 0.25) is 0 Å². The Bertz CT molecular complexity index is 347. The number of rotatable bonds is 3. The van der Waals surface area contributed by atoms with Crippen LogP contribution in [-0.4, -0.2) is 0 Å². The summed E-state index contributed by atoms with van der Waals surface area (Å²) >= 11 is 0. The second kappa shape index (κ2) is 4.33. The molecule has 0 saturated carbocycles. The summed E-state index contributed by atoms with van der Waals surface area (Å²) in [6, 6.07) is 3.39. The number of hydrogen-bond donors (Lipinski definition) is 1. The zero-order valence-corrected chi connectivity index (χ0v) is 8.06. The monoisotopic (exact) mass is 197 g/mol. The predicted octanol–water partition coefficient (Wildman–Crippen LogP) is 2.93. The van der Waals surface area contributed by atoms with Crippen LogP contribution in [0.4, 0.5) is 8.78 Å². The second-order valence-corrected chi connectivity index (χ2v) is 3.44. The molecule has 0 saturated heterocycles. The Labute approximate surface area is 82.2 Å². The minimum atomic E-state index is -0.861. The maximum atomic E-state index is 12.8. The van der Waals surface area contributed by atoms with Crippen molar-refractivity contribution >= 4 is 0 Å². The van der Waals surface area contributed by atoms with E-state index in [9.17, 15) is 8.78 Å². The molecule has 0 spiro atoms. The molecule has 0 aliphatic carbocycles. The lowest BCUT2D eigenvalue weighted by Gasteiger charge is -2.11. The van der Waals surface area contributed by atoms with Crippen molar-refractivity contribution in [2.24, 2.45) is 5.73 Å². The molecule has 0 bridgehead atoms. The highest BCUT2D eigenvalue weighted by Gasteiger charge is 2.09. The highest BCUT2D eigenvalue weighted by atomic mass is 19.2. The molecule has 0 heterocycles. The molecule has 1 atom stereocenters. The Kier molecular flexibility index (Phi) is 3.36. The molecule has 1 nitrogen and oxygen atoms in total. The average molecular weight is 197 g/mol. The van der Waals surface area contributed by atoms with Crippen LogP contribution in [0.25, 0.3) is 0 Å². The summed E-state index contributed by atoms with van der Waals surface area (Å²) in [6.07, 6.45) is 0.574. The zero-order valence-electron chi connectivity index (χ0n) is 8.06. The Morgan fingerprint density at radius 1 is 1.43 bits per heavy atom. The van der Waals surface area contributed by atoms with Gasteiger partial charge in [0, 0.05) is 6.04 Å². The van der Waals surface area contributed by atoms with Gasteiger partial charge in [0.25, 0.3) is 0 Å². The van der Waals surface area contributed by atoms with Crippen molar-refractivity contribution in [2.75, 3.05) is 0 Å². The molecule has 76 valence electrons. The van der Waals surface area contributed by atoms with Crippen molar-refractivity contribution < 1.29 is 8.78 Å². The smallest absolute Gasteiger partial charge is 0.159 e. The molecule has 0 fully saturated rings. The SMILES string of the molecule is C=C(C)CC(N)c1ccc(F)c(F)c1. The minimum Gasteiger partial charge on any atom is -0.324 e. The Morgan fingerprint density at radius 3 is 2.57 bits per heavy atom. The fraction of sp³-hybridized carbons (Fsp3) is 0.273. The third-order valence-electron chi connectivity index (χ3n) is 1.94. The molecule has 0 radical (unpaired) electrons. The molecular formula is C11H13F2N. The van der Waals surface area contributed by atoms with E-state index >= 15 is 0 Å². The van der Waals surface area contributed by atoms with Crippen LogP contribution in [0.15, 0.2) is 30.4 Å². The van der Waals surface area contributed by atoms with Crippen LogP contribution in [-0.2, 0) is 0 Å². The molecule has 0 amide bonds. The first-order valence-corrected chi connectivity index (χ1v) is 4.35. The first-order valence-electron chi connectivity index (χ1n) is 4.35. The van der Waals surface area contributed by atoms with E-state index in [0.29, 0.717) is 12.0 Å². The van der Waals surface area contributed by atoms with Gasteiger partial charge in [-0.1, -0.05) is 11.6 Å². The summed E-state index contributed by atoms with van der Waals surface area (Å²) in [5.41, 5.74) is 7.27. The largest absolute Gasteiger partial charge is 0.324 e. The summed E-state index contributed by atoms with van der Waals surface area (Å²) in [5.74, 6) is -1.71. The van der Waals surface area contributed by atoms with Crippen LogP contribution in [0.3, 0.4) is 0 Å². The van der Waals surface area contributed by atoms with E-state index in [1.807, 2.05) is 6.92 Å². The number of hydrogen-bond acceptors (Lipinski definition) is 1. The summed E-state index contributed by atoms with van der Waals surface area (Å²) in [5, 5.41) is 0. The fourth-order valence-corrected chi connectivity index (χ4v) is 1.24. The van der Waals surface area contributed by atoms with Gasteiger partial charge in [0.2, 0.25) is 0 Å². The normalized spacial score (nSPS) is 12.6. The third-order valence-corrected chi connectivity index (χ3v) is 1.94. The Hall–Kier alpha value is -1.22. The molecule has 0 aliphatic heterocycles. The van der Waals surface area contributed by atoms with E-state index in [0.717, 1.165) is 17.7 Å². The first kappa shape index (κ1) is 10.9. The van der Waals surface area contributed by atoms with Crippen molar-refractivity contribution in [2.45, 2.75) is 19.4 Å². The lowest BCUT2D eigenvalue weighted by atomic mass is 10.0. The van der Waals surface area contributed by atoms with E-state index in [1.54, 1.807) is 0 Å². The summed E-state index contributed by atoms with van der Waals surface area (Å²) < 4.78 is 25.4. The highest BCUT2D eigenvalue weighted by Crippen LogP contribution is 2.19. The minimum absolute atomic E-state index is 0.317. The van der Waals surface area contributed by atoms with Crippen molar-refractivity contribution in [3.05, 3.63) is 47.5 Å². The lowest BCUT2D eigenvalue weighted by molar-refractivity contribution is 0.505. The molecule has 3 heteroatoms. The van der Waals surface area contributed by atoms with Gasteiger partial charge in [-0.3, -0.25) is 0 Å². The van der Waals surface area contributed by atoms with Crippen LogP contribution in [0.1, 0.15) is 24.9 Å². The van der Waals surface area contributed by atoms with Crippen LogP contribution in [0.5, 0.6) is 0 Å². The van der Waals surface area contributed by atoms with Gasteiger partial charge in [0.15, 0.2) is 11.6 Å². The topological polar surface area (TPSA) is 26.0 Å². The van der Waals surface area contributed by atoms with E-state index in [-0.39, 0.29) is 6.04 Å². The van der Waals surface area contributed by atoms with Gasteiger partial charge in [-0.25, -0.2) is 8.78 Å². The summed E-state index contributed by atoms with van der Waals surface area (Å²) in [4.78, 5) is 0. The van der Waals surface area contributed by atoms with E-state index in [2.05, 4.69) is 6.58 Å². The van der Waals surface area contributed by atoms with Gasteiger partial charge in [0.1, 0.15) is 0 Å². The standard InChI is InChI=1S/C11H13F2N/c1-7(2)5-11(14)8-3-4-9(12)10(13)6-8/h3-4,6,11H,1,5,14H2,2H3. The predicted molar refractivity (Wildman–Crippen MR) is 52.7 cm³/mol. The third kappa shape index (κ3) is 2.64. The van der Waals surface area contributed by atoms with Crippen molar-refractivity contribution in [3.8, 4) is 0 Å². The number of halogens is 2. The fourth-order valence-electron chi connectivity index (χ4n) is 1.24. The quantitative estimate of drug-likeness (QED) is 0.741. The second-order valence-electron chi connectivity index (χ2n) is 3.44. The summed E-state index contributed by atoms with van der Waals surface area (Å²) in [7, 11) is 0. The Balaban J connectivity index is 2.85. The number of benzene rings is 1. The molecule has 0 aliphatic rings. The van der Waals surface area contributed by atoms with E-state index in [1.165, 1.54) is 6.07 Å². The maximum Gasteiger partial charge on any atom is 0.159 e. The zero-order chi connectivity index (χ0) is 10.7. The van der Waals surface area contributed by atoms with Gasteiger partial charge in [-0.15, -0.1) is 6.58 Å². The lowest BCUT2D eigenvalue weighted by Crippen LogP contribution is -2.10. The van der Waals surface area contributed by atoms with Crippen molar-refractivity contribution in [1.82, 2.24) is 0 Å². The van der Waals surface area contributed by atoms with Crippen LogP contribution in [0, 0.1) is 11.6 Å². The van der Waals surface area contributed by atoms with E-state index in [4.69, 9.17) is 5.73 Å². The first-order chi connectivity index (χ1) is 6.50. The van der Waals surface area contributed by atoms with Gasteiger partial charge in [-0.05, 0) is 31.0 Å². The molecule has 2 N–H and O–H groups in total. The molecule has 1 unspecified atom stereocenters. The molecule has 0 aromatic heterocycles. The Morgan fingerprint density at radius 2 is 2.07 bits per heavy atom. The van der Waals surface area contributed by atoms with Gasteiger partial charge >= 0.3 is 0 Å². The van der Waals surface area contributed by atoms with E-state index < -0.39 is 11.6 Å². The van der Waals surface area contributed by atoms with Gasteiger partial charge in [-0.2, -0.15) is 0 Å². The van der Waals surface area contributed by atoms with Crippen LogP contribution >= 0.6 is 0 Å². The molecule has 1 rings (SSSR count). The van der Waals surface area contributed by atoms with Crippen molar-refractivity contribution in [1.29, 1.82) is 0 Å². The summed E-state index contributed by atoms with van der Waals surface area (Å²) in [6.45, 7) is 5.56. The van der Waals surface area contributed by atoms with Crippen LogP contribution < -0.4 is 5.73 Å². The molecular weight excluding hydrogens is 184 g/mol. The van der Waals surface area contributed by atoms with Gasteiger partial charge < -0.3 is 5.73 Å².